The third-order valence-corrected chi connectivity index (χ3v) is 6.98. The molecule has 4 aromatic rings. The first-order chi connectivity index (χ1) is 19.2. The summed E-state index contributed by atoms with van der Waals surface area (Å²) in [7, 11) is 1.59. The molecule has 0 spiro atoms. The number of benzene rings is 2. The summed E-state index contributed by atoms with van der Waals surface area (Å²) >= 11 is 1.41. The minimum absolute atomic E-state index is 0.141. The molecule has 1 aliphatic rings. The molecule has 11 nitrogen and oxygen atoms in total. The Morgan fingerprint density at radius 3 is 2.60 bits per heavy atom. The Balaban J connectivity index is 1.45. The molecule has 0 saturated carbocycles. The summed E-state index contributed by atoms with van der Waals surface area (Å²) in [6.45, 7) is 5.79. The summed E-state index contributed by atoms with van der Waals surface area (Å²) in [5, 5.41) is 17.6. The van der Waals surface area contributed by atoms with E-state index in [0.717, 1.165) is 16.0 Å². The summed E-state index contributed by atoms with van der Waals surface area (Å²) < 4.78 is 16.2. The molecule has 2 aromatic carbocycles. The van der Waals surface area contributed by atoms with Gasteiger partial charge >= 0.3 is 0 Å². The molecule has 1 N–H and O–H groups in total. The molecular weight excluding hydrogens is 532 g/mol. The van der Waals surface area contributed by atoms with Crippen molar-refractivity contribution < 1.29 is 23.8 Å². The highest BCUT2D eigenvalue weighted by Crippen LogP contribution is 2.34. The molecule has 1 aliphatic heterocycles. The van der Waals surface area contributed by atoms with E-state index >= 15 is 0 Å². The van der Waals surface area contributed by atoms with Gasteiger partial charge in [0.05, 0.1) is 7.11 Å². The predicted molar refractivity (Wildman–Crippen MR) is 148 cm³/mol. The Morgan fingerprint density at radius 2 is 1.90 bits per heavy atom. The molecule has 3 heterocycles. The van der Waals surface area contributed by atoms with Gasteiger partial charge in [-0.05, 0) is 79.4 Å². The molecule has 1 unspecified atom stereocenters. The number of methoxy groups -OCH3 is 1. The van der Waals surface area contributed by atoms with Gasteiger partial charge in [-0.25, -0.2) is 0 Å². The number of hydrogen-bond acceptors (Lipinski definition) is 9. The van der Waals surface area contributed by atoms with Crippen molar-refractivity contribution in [3.8, 4) is 28.6 Å². The number of fused-ring (bicyclic) bond motifs is 1. The first-order valence-corrected chi connectivity index (χ1v) is 13.5. The van der Waals surface area contributed by atoms with Crippen molar-refractivity contribution in [2.45, 2.75) is 45.4 Å². The second-order valence-electron chi connectivity index (χ2n) is 10.2. The Hall–Kier alpha value is -4.45. The number of aromatic nitrogens is 4. The van der Waals surface area contributed by atoms with Gasteiger partial charge in [0.1, 0.15) is 18.3 Å². The molecule has 2 aromatic heterocycles. The maximum absolute atomic E-state index is 13.9. The van der Waals surface area contributed by atoms with Crippen LogP contribution < -0.4 is 19.5 Å². The molecule has 0 saturated heterocycles. The second kappa shape index (κ2) is 11.3. The van der Waals surface area contributed by atoms with Crippen LogP contribution in [0, 0.1) is 0 Å². The van der Waals surface area contributed by atoms with E-state index in [1.807, 2.05) is 62.5 Å². The molecule has 40 heavy (non-hydrogen) atoms. The van der Waals surface area contributed by atoms with Gasteiger partial charge in [-0.15, -0.1) is 21.5 Å². The fourth-order valence-electron chi connectivity index (χ4n) is 4.25. The molecule has 5 rings (SSSR count). The van der Waals surface area contributed by atoms with E-state index in [4.69, 9.17) is 14.2 Å². The number of ether oxygens (including phenoxy) is 3. The maximum Gasteiger partial charge on any atom is 0.248 e. The monoisotopic (exact) mass is 562 g/mol. The Bertz CT molecular complexity index is 1480. The first-order valence-electron chi connectivity index (χ1n) is 12.7. The summed E-state index contributed by atoms with van der Waals surface area (Å²) in [6, 6.07) is 15.6. The van der Waals surface area contributed by atoms with Crippen LogP contribution in [-0.4, -0.2) is 56.4 Å². The van der Waals surface area contributed by atoms with E-state index in [1.54, 1.807) is 30.2 Å². The largest absolute Gasteiger partial charge is 0.497 e. The summed E-state index contributed by atoms with van der Waals surface area (Å²) in [6.07, 6.45) is 0. The Morgan fingerprint density at radius 1 is 1.12 bits per heavy atom. The van der Waals surface area contributed by atoms with E-state index in [-0.39, 0.29) is 31.7 Å². The number of thiophene rings is 1. The van der Waals surface area contributed by atoms with E-state index in [2.05, 4.69) is 20.7 Å². The SMILES string of the molecule is COc1ccc(-c2nnn(CC(=O)N(Cc3ccc4c(c3)OCO4)C(C(=O)NC(C)(C)C)c3cccs3)n2)cc1. The summed E-state index contributed by atoms with van der Waals surface area (Å²) in [4.78, 5) is 31.1. The lowest BCUT2D eigenvalue weighted by Crippen LogP contribution is -2.49. The highest BCUT2D eigenvalue weighted by molar-refractivity contribution is 7.10. The molecule has 208 valence electrons. The van der Waals surface area contributed by atoms with Crippen molar-refractivity contribution in [1.82, 2.24) is 30.4 Å². The van der Waals surface area contributed by atoms with Gasteiger partial charge in [0, 0.05) is 22.5 Å². The number of nitrogens with zero attached hydrogens (tertiary/aromatic N) is 5. The minimum atomic E-state index is -0.873. The number of tetrazole rings is 1. The second-order valence-corrected chi connectivity index (χ2v) is 11.2. The average Bonchev–Trinajstić information content (AvgIpc) is 3.69. The Kier molecular flexibility index (Phi) is 7.69. The van der Waals surface area contributed by atoms with Gasteiger partial charge in [0.2, 0.25) is 24.4 Å². The van der Waals surface area contributed by atoms with Crippen LogP contribution in [0.15, 0.2) is 60.0 Å². The van der Waals surface area contributed by atoms with Crippen molar-refractivity contribution in [1.29, 1.82) is 0 Å². The van der Waals surface area contributed by atoms with Gasteiger partial charge in [-0.1, -0.05) is 12.1 Å². The zero-order valence-corrected chi connectivity index (χ0v) is 23.5. The van der Waals surface area contributed by atoms with E-state index < -0.39 is 11.6 Å². The summed E-state index contributed by atoms with van der Waals surface area (Å²) in [5.41, 5.74) is 1.02. The van der Waals surface area contributed by atoms with Crippen molar-refractivity contribution in [3.05, 3.63) is 70.4 Å². The first kappa shape index (κ1) is 27.1. The number of nitrogens with one attached hydrogen (secondary N) is 1. The van der Waals surface area contributed by atoms with Crippen LogP contribution in [0.3, 0.4) is 0 Å². The van der Waals surface area contributed by atoms with E-state index in [1.165, 1.54) is 16.1 Å². The van der Waals surface area contributed by atoms with Gasteiger partial charge < -0.3 is 24.4 Å². The van der Waals surface area contributed by atoms with Crippen LogP contribution in [-0.2, 0) is 22.7 Å². The quantitative estimate of drug-likeness (QED) is 0.327. The van der Waals surface area contributed by atoms with Crippen LogP contribution in [0.25, 0.3) is 11.4 Å². The number of carbonyl (C=O) groups is 2. The molecule has 0 bridgehead atoms. The number of carbonyl (C=O) groups excluding carboxylic acids is 2. The van der Waals surface area contributed by atoms with Crippen molar-refractivity contribution in [2.24, 2.45) is 0 Å². The van der Waals surface area contributed by atoms with Gasteiger partial charge in [0.15, 0.2) is 11.5 Å². The molecule has 0 radical (unpaired) electrons. The lowest BCUT2D eigenvalue weighted by atomic mass is 10.1. The van der Waals surface area contributed by atoms with E-state index in [0.29, 0.717) is 23.1 Å². The highest BCUT2D eigenvalue weighted by atomic mass is 32.1. The number of hydrogen-bond donors (Lipinski definition) is 1. The van der Waals surface area contributed by atoms with Crippen LogP contribution in [0.4, 0.5) is 0 Å². The molecule has 12 heteroatoms. The third kappa shape index (κ3) is 6.23. The normalized spacial score (nSPS) is 13.1. The third-order valence-electron chi connectivity index (χ3n) is 6.06. The van der Waals surface area contributed by atoms with Crippen molar-refractivity contribution in [2.75, 3.05) is 13.9 Å². The highest BCUT2D eigenvalue weighted by Gasteiger charge is 2.34. The Labute approximate surface area is 235 Å². The fraction of sp³-hybridized carbons (Fsp3) is 0.321. The summed E-state index contributed by atoms with van der Waals surface area (Å²) in [5.74, 6) is 1.68. The van der Waals surface area contributed by atoms with Crippen LogP contribution in [0.2, 0.25) is 0 Å². The maximum atomic E-state index is 13.9. The van der Waals surface area contributed by atoms with Crippen LogP contribution in [0.5, 0.6) is 17.2 Å². The lowest BCUT2D eigenvalue weighted by Gasteiger charge is -2.33. The predicted octanol–water partition coefficient (Wildman–Crippen LogP) is 3.82. The van der Waals surface area contributed by atoms with Crippen molar-refractivity contribution >= 4 is 23.2 Å². The zero-order chi connectivity index (χ0) is 28.3. The minimum Gasteiger partial charge on any atom is -0.497 e. The number of amides is 2. The standard InChI is InChI=1S/C28H30N6O5S/c1-28(2,3)29-27(36)25(23-6-5-13-40-23)33(15-18-7-12-21-22(14-18)39-17-38-21)24(35)16-34-31-26(30-32-34)19-8-10-20(37-4)11-9-19/h5-14,25H,15-17H2,1-4H3,(H,29,36). The molecule has 1 atom stereocenters. The van der Waals surface area contributed by atoms with Gasteiger partial charge in [0.25, 0.3) is 0 Å². The van der Waals surface area contributed by atoms with Crippen LogP contribution in [0.1, 0.15) is 37.3 Å². The van der Waals surface area contributed by atoms with E-state index in [9.17, 15) is 9.59 Å². The van der Waals surface area contributed by atoms with Crippen LogP contribution >= 0.6 is 11.3 Å². The fourth-order valence-corrected chi connectivity index (χ4v) is 5.08. The average molecular weight is 563 g/mol. The lowest BCUT2D eigenvalue weighted by molar-refractivity contribution is -0.143. The topological polar surface area (TPSA) is 121 Å². The number of rotatable bonds is 9. The smallest absolute Gasteiger partial charge is 0.248 e. The molecule has 0 aliphatic carbocycles. The van der Waals surface area contributed by atoms with Gasteiger partial charge in [-0.3, -0.25) is 9.59 Å². The molecular formula is C28H30N6O5S. The molecule has 0 fully saturated rings. The zero-order valence-electron chi connectivity index (χ0n) is 22.7. The van der Waals surface area contributed by atoms with Crippen molar-refractivity contribution in [3.63, 3.8) is 0 Å². The molecule has 2 amide bonds. The van der Waals surface area contributed by atoms with Gasteiger partial charge in [-0.2, -0.15) is 4.80 Å².